The SMILES string of the molecule is COc1cccc(-c2nn(-c3ccc(F)cc3)cc2C(=O)OCc2cc(=O)n3ccsc3n2)c1. The van der Waals surface area contributed by atoms with E-state index in [4.69, 9.17) is 9.47 Å². The van der Waals surface area contributed by atoms with Crippen molar-refractivity contribution in [1.29, 1.82) is 0 Å². The van der Waals surface area contributed by atoms with Crippen molar-refractivity contribution < 1.29 is 18.7 Å². The van der Waals surface area contributed by atoms with Gasteiger partial charge in [0.05, 0.1) is 18.5 Å². The Morgan fingerprint density at radius 2 is 1.97 bits per heavy atom. The molecular formula is C24H17FN4O4S. The van der Waals surface area contributed by atoms with E-state index in [1.807, 2.05) is 0 Å². The lowest BCUT2D eigenvalue weighted by atomic mass is 10.1. The largest absolute Gasteiger partial charge is 0.497 e. The van der Waals surface area contributed by atoms with Crippen LogP contribution in [0.25, 0.3) is 21.9 Å². The third-order valence-corrected chi connectivity index (χ3v) is 5.83. The molecule has 3 aromatic heterocycles. The molecule has 0 fully saturated rings. The first-order valence-electron chi connectivity index (χ1n) is 10.1. The van der Waals surface area contributed by atoms with Gasteiger partial charge in [0, 0.05) is 29.4 Å². The van der Waals surface area contributed by atoms with E-state index in [0.717, 1.165) is 0 Å². The molecule has 5 aromatic rings. The summed E-state index contributed by atoms with van der Waals surface area (Å²) in [4.78, 5) is 30.2. The first-order valence-corrected chi connectivity index (χ1v) is 11.0. The molecule has 5 rings (SSSR count). The average Bonchev–Trinajstić information content (AvgIpc) is 3.51. The second kappa shape index (κ2) is 8.91. The minimum Gasteiger partial charge on any atom is -0.497 e. The van der Waals surface area contributed by atoms with Crippen molar-refractivity contribution in [3.63, 3.8) is 0 Å². The van der Waals surface area contributed by atoms with Crippen molar-refractivity contribution in [2.45, 2.75) is 6.61 Å². The van der Waals surface area contributed by atoms with Crippen LogP contribution in [-0.2, 0) is 11.3 Å². The summed E-state index contributed by atoms with van der Waals surface area (Å²) in [7, 11) is 1.55. The number of hydrogen-bond acceptors (Lipinski definition) is 7. The fourth-order valence-corrected chi connectivity index (χ4v) is 4.15. The molecule has 0 atom stereocenters. The molecule has 0 amide bonds. The summed E-state index contributed by atoms with van der Waals surface area (Å²) >= 11 is 1.31. The molecule has 3 heterocycles. The number of methoxy groups -OCH3 is 1. The average molecular weight is 476 g/mol. The molecule has 10 heteroatoms. The highest BCUT2D eigenvalue weighted by atomic mass is 32.1. The summed E-state index contributed by atoms with van der Waals surface area (Å²) in [6.45, 7) is -0.179. The standard InChI is InChI=1S/C24H17FN4O4S/c1-32-19-4-2-3-15(11-19)22-20(13-29(27-22)18-7-5-16(25)6-8-18)23(31)33-14-17-12-21(30)28-9-10-34-24(28)26-17/h2-13H,14H2,1H3. The van der Waals surface area contributed by atoms with Gasteiger partial charge in [0.15, 0.2) is 4.96 Å². The highest BCUT2D eigenvalue weighted by Crippen LogP contribution is 2.27. The van der Waals surface area contributed by atoms with Gasteiger partial charge in [0.2, 0.25) is 0 Å². The van der Waals surface area contributed by atoms with Crippen LogP contribution in [0.1, 0.15) is 16.1 Å². The number of nitrogens with zero attached hydrogens (tertiary/aromatic N) is 4. The van der Waals surface area contributed by atoms with Crippen LogP contribution in [-0.4, -0.2) is 32.2 Å². The minimum absolute atomic E-state index is 0.179. The van der Waals surface area contributed by atoms with E-state index in [0.29, 0.717) is 33.3 Å². The van der Waals surface area contributed by atoms with Crippen LogP contribution in [0, 0.1) is 5.82 Å². The molecular weight excluding hydrogens is 459 g/mol. The van der Waals surface area contributed by atoms with Crippen molar-refractivity contribution in [2.75, 3.05) is 7.11 Å². The molecule has 0 aliphatic rings. The Balaban J connectivity index is 1.49. The van der Waals surface area contributed by atoms with Crippen LogP contribution in [0.2, 0.25) is 0 Å². The lowest BCUT2D eigenvalue weighted by Crippen LogP contribution is -2.14. The summed E-state index contributed by atoms with van der Waals surface area (Å²) in [6.07, 6.45) is 3.16. The van der Waals surface area contributed by atoms with Crippen LogP contribution >= 0.6 is 11.3 Å². The van der Waals surface area contributed by atoms with Gasteiger partial charge >= 0.3 is 5.97 Å². The Kier molecular flexibility index (Phi) is 5.64. The Morgan fingerprint density at radius 3 is 2.76 bits per heavy atom. The summed E-state index contributed by atoms with van der Waals surface area (Å²) in [5.74, 6) is -0.420. The normalized spacial score (nSPS) is 11.0. The van der Waals surface area contributed by atoms with Crippen molar-refractivity contribution in [3.8, 4) is 22.7 Å². The third kappa shape index (κ3) is 4.18. The summed E-state index contributed by atoms with van der Waals surface area (Å²) in [5.41, 5.74) is 1.88. The van der Waals surface area contributed by atoms with E-state index < -0.39 is 5.97 Å². The second-order valence-corrected chi connectivity index (χ2v) is 8.13. The topological polar surface area (TPSA) is 87.7 Å². The zero-order valence-electron chi connectivity index (χ0n) is 17.8. The Morgan fingerprint density at radius 1 is 1.15 bits per heavy atom. The zero-order chi connectivity index (χ0) is 23.7. The molecule has 0 N–H and O–H groups in total. The first kappa shape index (κ1) is 21.5. The summed E-state index contributed by atoms with van der Waals surface area (Å²) < 4.78 is 27.1. The Hall–Kier alpha value is -4.31. The third-order valence-electron chi connectivity index (χ3n) is 5.08. The van der Waals surface area contributed by atoms with Crippen LogP contribution < -0.4 is 10.3 Å². The number of ether oxygens (including phenoxy) is 2. The number of hydrogen-bond donors (Lipinski definition) is 0. The molecule has 0 spiro atoms. The number of halogens is 1. The van der Waals surface area contributed by atoms with Gasteiger partial charge in [-0.05, 0) is 36.4 Å². The number of fused-ring (bicyclic) bond motifs is 1. The molecule has 0 bridgehead atoms. The molecule has 8 nitrogen and oxygen atoms in total. The number of rotatable bonds is 6. The van der Waals surface area contributed by atoms with E-state index >= 15 is 0 Å². The molecule has 0 radical (unpaired) electrons. The highest BCUT2D eigenvalue weighted by Gasteiger charge is 2.21. The van der Waals surface area contributed by atoms with Gasteiger partial charge in [-0.2, -0.15) is 5.10 Å². The van der Waals surface area contributed by atoms with E-state index in [2.05, 4.69) is 10.1 Å². The molecule has 0 saturated heterocycles. The van der Waals surface area contributed by atoms with E-state index in [1.54, 1.807) is 55.1 Å². The lowest BCUT2D eigenvalue weighted by Gasteiger charge is -2.06. The Bertz CT molecular complexity index is 1560. The molecule has 2 aromatic carbocycles. The van der Waals surface area contributed by atoms with Gasteiger partial charge in [-0.1, -0.05) is 12.1 Å². The van der Waals surface area contributed by atoms with Crippen molar-refractivity contribution >= 4 is 22.3 Å². The van der Waals surface area contributed by atoms with Gasteiger partial charge in [-0.25, -0.2) is 18.9 Å². The van der Waals surface area contributed by atoms with Crippen LogP contribution in [0.5, 0.6) is 5.75 Å². The number of carbonyl (C=O) groups excluding carboxylic acids is 1. The molecule has 0 unspecified atom stereocenters. The van der Waals surface area contributed by atoms with Gasteiger partial charge in [0.25, 0.3) is 5.56 Å². The van der Waals surface area contributed by atoms with E-state index in [9.17, 15) is 14.0 Å². The van der Waals surface area contributed by atoms with Gasteiger partial charge in [-0.3, -0.25) is 9.20 Å². The van der Waals surface area contributed by atoms with Gasteiger partial charge < -0.3 is 9.47 Å². The van der Waals surface area contributed by atoms with Gasteiger partial charge in [0.1, 0.15) is 29.4 Å². The quantitative estimate of drug-likeness (QED) is 0.343. The van der Waals surface area contributed by atoms with Crippen molar-refractivity contribution in [2.24, 2.45) is 0 Å². The maximum absolute atomic E-state index is 13.4. The number of esters is 1. The fraction of sp³-hybridized carbons (Fsp3) is 0.0833. The van der Waals surface area contributed by atoms with Crippen LogP contribution in [0.4, 0.5) is 4.39 Å². The predicted molar refractivity (Wildman–Crippen MR) is 124 cm³/mol. The molecule has 170 valence electrons. The monoisotopic (exact) mass is 476 g/mol. The fourth-order valence-electron chi connectivity index (χ4n) is 3.41. The maximum Gasteiger partial charge on any atom is 0.342 e. The molecule has 0 aliphatic carbocycles. The highest BCUT2D eigenvalue weighted by molar-refractivity contribution is 7.15. The minimum atomic E-state index is -0.639. The van der Waals surface area contributed by atoms with Crippen LogP contribution in [0.15, 0.2) is 77.2 Å². The molecule has 34 heavy (non-hydrogen) atoms. The number of thiazole rings is 1. The number of carbonyl (C=O) groups is 1. The molecule has 0 aliphatic heterocycles. The smallest absolute Gasteiger partial charge is 0.342 e. The molecule has 0 saturated carbocycles. The van der Waals surface area contributed by atoms with Crippen LogP contribution in [0.3, 0.4) is 0 Å². The predicted octanol–water partition coefficient (Wildman–Crippen LogP) is 4.11. The van der Waals surface area contributed by atoms with Gasteiger partial charge in [-0.15, -0.1) is 11.3 Å². The van der Waals surface area contributed by atoms with E-state index in [1.165, 1.54) is 44.8 Å². The Labute approximate surface area is 196 Å². The van der Waals surface area contributed by atoms with Crippen molar-refractivity contribution in [1.82, 2.24) is 19.2 Å². The number of aromatic nitrogens is 4. The summed E-state index contributed by atoms with van der Waals surface area (Å²) in [6, 6.07) is 14.2. The maximum atomic E-state index is 13.4. The van der Waals surface area contributed by atoms with Crippen molar-refractivity contribution in [3.05, 3.63) is 99.8 Å². The van der Waals surface area contributed by atoms with E-state index in [-0.39, 0.29) is 23.5 Å². The summed E-state index contributed by atoms with van der Waals surface area (Å²) in [5, 5.41) is 6.30. The number of benzene rings is 2. The lowest BCUT2D eigenvalue weighted by molar-refractivity contribution is 0.0468. The second-order valence-electron chi connectivity index (χ2n) is 7.26. The first-order chi connectivity index (χ1) is 16.5. The zero-order valence-corrected chi connectivity index (χ0v) is 18.7.